The molecule has 0 radical (unpaired) electrons. The molecule has 0 heterocycles. The van der Waals surface area contributed by atoms with Crippen molar-refractivity contribution in [2.75, 3.05) is 19.6 Å². The van der Waals surface area contributed by atoms with Crippen molar-refractivity contribution >= 4 is 12.0 Å². The largest absolute Gasteiger partial charge is 0.481 e. The maximum atomic E-state index is 11.6. The van der Waals surface area contributed by atoms with Gasteiger partial charge in [0.2, 0.25) is 0 Å². The van der Waals surface area contributed by atoms with Crippen molar-refractivity contribution in [2.45, 2.75) is 19.8 Å². The summed E-state index contributed by atoms with van der Waals surface area (Å²) in [4.78, 5) is 23.9. The Labute approximate surface area is 94.8 Å². The Balaban J connectivity index is 2.41. The Hall–Kier alpha value is -1.70. The summed E-state index contributed by atoms with van der Waals surface area (Å²) in [7, 11) is 0. The normalized spacial score (nSPS) is 16.0. The molecule has 16 heavy (non-hydrogen) atoms. The molecule has 0 saturated heterocycles. The number of terminal acetylenes is 1. The Bertz CT molecular complexity index is 329. The zero-order valence-electron chi connectivity index (χ0n) is 9.32. The van der Waals surface area contributed by atoms with Gasteiger partial charge in [-0.05, 0) is 19.8 Å². The summed E-state index contributed by atoms with van der Waals surface area (Å²) in [5.41, 5.74) is -0.731. The van der Waals surface area contributed by atoms with E-state index in [2.05, 4.69) is 11.2 Å². The number of amides is 2. The van der Waals surface area contributed by atoms with Gasteiger partial charge < -0.3 is 15.3 Å². The summed E-state index contributed by atoms with van der Waals surface area (Å²) in [6, 6.07) is -0.298. The van der Waals surface area contributed by atoms with Crippen molar-refractivity contribution in [2.24, 2.45) is 5.41 Å². The summed E-state index contributed by atoms with van der Waals surface area (Å²) >= 11 is 0. The van der Waals surface area contributed by atoms with Gasteiger partial charge in [0.05, 0.1) is 12.0 Å². The van der Waals surface area contributed by atoms with Gasteiger partial charge in [0.25, 0.3) is 0 Å². The number of aliphatic carboxylic acids is 1. The molecule has 1 saturated carbocycles. The van der Waals surface area contributed by atoms with Crippen LogP contribution < -0.4 is 5.32 Å². The first-order valence-corrected chi connectivity index (χ1v) is 5.25. The monoisotopic (exact) mass is 224 g/mol. The number of nitrogens with one attached hydrogen (secondary N) is 1. The van der Waals surface area contributed by atoms with Crippen LogP contribution in [0.5, 0.6) is 0 Å². The lowest BCUT2D eigenvalue weighted by Gasteiger charge is -2.20. The topological polar surface area (TPSA) is 69.6 Å². The van der Waals surface area contributed by atoms with Gasteiger partial charge in [-0.25, -0.2) is 4.79 Å². The molecule has 0 bridgehead atoms. The van der Waals surface area contributed by atoms with E-state index >= 15 is 0 Å². The van der Waals surface area contributed by atoms with Crippen molar-refractivity contribution in [3.63, 3.8) is 0 Å². The molecule has 1 fully saturated rings. The molecule has 0 unspecified atom stereocenters. The standard InChI is InChI=1S/C11H16N2O3/c1-3-7-13(4-2)10(16)12-8-11(5-6-11)9(14)15/h1H,4-8H2,2H3,(H,12,16)(H,14,15). The highest BCUT2D eigenvalue weighted by Gasteiger charge is 2.50. The molecule has 2 N–H and O–H groups in total. The van der Waals surface area contributed by atoms with Gasteiger partial charge in [0.1, 0.15) is 0 Å². The molecule has 0 aromatic rings. The van der Waals surface area contributed by atoms with Gasteiger partial charge in [-0.1, -0.05) is 5.92 Å². The maximum absolute atomic E-state index is 11.6. The number of carbonyl (C=O) groups is 2. The Morgan fingerprint density at radius 2 is 2.19 bits per heavy atom. The van der Waals surface area contributed by atoms with Gasteiger partial charge in [0, 0.05) is 13.1 Å². The molecule has 1 aliphatic rings. The van der Waals surface area contributed by atoms with Gasteiger partial charge in [-0.3, -0.25) is 4.79 Å². The number of carbonyl (C=O) groups excluding carboxylic acids is 1. The summed E-state index contributed by atoms with van der Waals surface area (Å²) in [5.74, 6) is 1.54. The quantitative estimate of drug-likeness (QED) is 0.669. The number of carboxylic acids is 1. The highest BCUT2D eigenvalue weighted by atomic mass is 16.4. The van der Waals surface area contributed by atoms with Crippen LogP contribution in [-0.4, -0.2) is 41.6 Å². The zero-order valence-corrected chi connectivity index (χ0v) is 9.32. The van der Waals surface area contributed by atoms with E-state index in [0.717, 1.165) is 0 Å². The van der Waals surface area contributed by atoms with Gasteiger partial charge in [-0.15, -0.1) is 6.42 Å². The number of nitrogens with zero attached hydrogens (tertiary/aromatic N) is 1. The van der Waals surface area contributed by atoms with Gasteiger partial charge in [0.15, 0.2) is 0 Å². The van der Waals surface area contributed by atoms with Crippen molar-refractivity contribution in [1.82, 2.24) is 10.2 Å². The van der Waals surface area contributed by atoms with E-state index in [0.29, 0.717) is 19.4 Å². The number of rotatable bonds is 5. The molecule has 0 aliphatic heterocycles. The van der Waals surface area contributed by atoms with Crippen LogP contribution in [0.4, 0.5) is 4.79 Å². The van der Waals surface area contributed by atoms with Crippen LogP contribution in [0, 0.1) is 17.8 Å². The van der Waals surface area contributed by atoms with Gasteiger partial charge in [-0.2, -0.15) is 0 Å². The van der Waals surface area contributed by atoms with E-state index in [4.69, 9.17) is 11.5 Å². The fraction of sp³-hybridized carbons (Fsp3) is 0.636. The molecule has 0 spiro atoms. The zero-order chi connectivity index (χ0) is 12.2. The Morgan fingerprint density at radius 3 is 2.56 bits per heavy atom. The molecule has 2 amide bonds. The van der Waals surface area contributed by atoms with E-state index in [9.17, 15) is 9.59 Å². The number of urea groups is 1. The third kappa shape index (κ3) is 2.66. The van der Waals surface area contributed by atoms with Crippen LogP contribution >= 0.6 is 0 Å². The van der Waals surface area contributed by atoms with E-state index in [1.807, 2.05) is 6.92 Å². The summed E-state index contributed by atoms with van der Waals surface area (Å²) in [5, 5.41) is 11.5. The van der Waals surface area contributed by atoms with Crippen LogP contribution in [0.1, 0.15) is 19.8 Å². The highest BCUT2D eigenvalue weighted by Crippen LogP contribution is 2.45. The van der Waals surface area contributed by atoms with E-state index in [-0.39, 0.29) is 19.1 Å². The second-order valence-electron chi connectivity index (χ2n) is 3.96. The molecular formula is C11H16N2O3. The highest BCUT2D eigenvalue weighted by molar-refractivity contribution is 5.80. The molecule has 1 rings (SSSR count). The van der Waals surface area contributed by atoms with Crippen LogP contribution in [0.2, 0.25) is 0 Å². The minimum atomic E-state index is -0.840. The fourth-order valence-corrected chi connectivity index (χ4v) is 1.41. The Kier molecular flexibility index (Phi) is 3.78. The molecule has 5 heteroatoms. The average molecular weight is 224 g/mol. The lowest BCUT2D eigenvalue weighted by atomic mass is 10.1. The van der Waals surface area contributed by atoms with Crippen molar-refractivity contribution in [1.29, 1.82) is 0 Å². The van der Waals surface area contributed by atoms with Crippen molar-refractivity contribution < 1.29 is 14.7 Å². The molecule has 0 aromatic carbocycles. The smallest absolute Gasteiger partial charge is 0.318 e. The predicted octanol–water partition coefficient (Wildman–Crippen LogP) is 0.516. The third-order valence-electron chi connectivity index (χ3n) is 2.84. The first-order valence-electron chi connectivity index (χ1n) is 5.25. The number of carboxylic acid groups (broad SMARTS) is 1. The lowest BCUT2D eigenvalue weighted by molar-refractivity contribution is -0.143. The predicted molar refractivity (Wildman–Crippen MR) is 58.8 cm³/mol. The van der Waals surface area contributed by atoms with Crippen LogP contribution in [0.15, 0.2) is 0 Å². The van der Waals surface area contributed by atoms with Crippen molar-refractivity contribution in [3.8, 4) is 12.3 Å². The second-order valence-corrected chi connectivity index (χ2v) is 3.96. The van der Waals surface area contributed by atoms with Crippen LogP contribution in [0.3, 0.4) is 0 Å². The molecule has 0 atom stereocenters. The minimum Gasteiger partial charge on any atom is -0.481 e. The van der Waals surface area contributed by atoms with E-state index in [1.54, 1.807) is 0 Å². The summed E-state index contributed by atoms with van der Waals surface area (Å²) in [6.07, 6.45) is 6.38. The second kappa shape index (κ2) is 4.88. The molecule has 0 aromatic heterocycles. The van der Waals surface area contributed by atoms with Crippen molar-refractivity contribution in [3.05, 3.63) is 0 Å². The number of hydrogen-bond donors (Lipinski definition) is 2. The SMILES string of the molecule is C#CCN(CC)C(=O)NCC1(C(=O)O)CC1. The third-order valence-corrected chi connectivity index (χ3v) is 2.84. The van der Waals surface area contributed by atoms with E-state index < -0.39 is 11.4 Å². The van der Waals surface area contributed by atoms with Crippen LogP contribution in [-0.2, 0) is 4.79 Å². The molecular weight excluding hydrogens is 208 g/mol. The Morgan fingerprint density at radius 1 is 1.56 bits per heavy atom. The summed E-state index contributed by atoms with van der Waals surface area (Å²) < 4.78 is 0. The first-order chi connectivity index (χ1) is 7.55. The van der Waals surface area contributed by atoms with Crippen LogP contribution in [0.25, 0.3) is 0 Å². The molecule has 88 valence electrons. The maximum Gasteiger partial charge on any atom is 0.318 e. The molecule has 1 aliphatic carbocycles. The summed E-state index contributed by atoms with van der Waals surface area (Å²) in [6.45, 7) is 2.75. The van der Waals surface area contributed by atoms with E-state index in [1.165, 1.54) is 4.90 Å². The lowest BCUT2D eigenvalue weighted by Crippen LogP contribution is -2.43. The number of hydrogen-bond acceptors (Lipinski definition) is 2. The average Bonchev–Trinajstić information content (AvgIpc) is 3.03. The fourth-order valence-electron chi connectivity index (χ4n) is 1.41. The minimum absolute atomic E-state index is 0.183. The first kappa shape index (κ1) is 12.4. The van der Waals surface area contributed by atoms with Gasteiger partial charge >= 0.3 is 12.0 Å². The molecule has 5 nitrogen and oxygen atoms in total.